The van der Waals surface area contributed by atoms with Crippen LogP contribution in [-0.4, -0.2) is 43.2 Å². The molecule has 0 aromatic rings. The molecule has 0 radical (unpaired) electrons. The quantitative estimate of drug-likeness (QED) is 0.606. The summed E-state index contributed by atoms with van der Waals surface area (Å²) in [5.74, 6) is 1.56. The summed E-state index contributed by atoms with van der Waals surface area (Å²) in [6, 6.07) is 0. The maximum atomic E-state index is 9.21. The van der Waals surface area contributed by atoms with E-state index in [2.05, 4.69) is 4.81 Å². The van der Waals surface area contributed by atoms with Crippen molar-refractivity contribution in [2.24, 2.45) is 11.8 Å². The summed E-state index contributed by atoms with van der Waals surface area (Å²) in [5.41, 5.74) is 0. The van der Waals surface area contributed by atoms with Gasteiger partial charge in [-0.05, 0) is 38.2 Å². The highest BCUT2D eigenvalue weighted by Gasteiger charge is 2.48. The first-order valence-electron chi connectivity index (χ1n) is 4.67. The van der Waals surface area contributed by atoms with Crippen LogP contribution in [0.3, 0.4) is 0 Å². The van der Waals surface area contributed by atoms with Crippen LogP contribution in [0.15, 0.2) is 0 Å². The van der Waals surface area contributed by atoms with E-state index in [0.29, 0.717) is 6.10 Å². The third-order valence-corrected chi connectivity index (χ3v) is 3.15. The van der Waals surface area contributed by atoms with Crippen LogP contribution in [-0.2, 0) is 4.74 Å². The second-order valence-corrected chi connectivity index (χ2v) is 4.02. The summed E-state index contributed by atoms with van der Waals surface area (Å²) in [7, 11) is 1.52. The summed E-state index contributed by atoms with van der Waals surface area (Å²) in [5, 5.41) is 9.21. The number of rotatable bonds is 3. The van der Waals surface area contributed by atoms with Gasteiger partial charge in [0.15, 0.2) is 0 Å². The monoisotopic (exact) mass is 169 g/mol. The molecular weight excluding hydrogens is 153 g/mol. The van der Waals surface area contributed by atoms with Crippen molar-refractivity contribution in [1.29, 1.82) is 0 Å². The van der Waals surface area contributed by atoms with E-state index in [4.69, 9.17) is 4.74 Å². The molecular formula is C8H16BNO2. The summed E-state index contributed by atoms with van der Waals surface area (Å²) in [6.07, 6.45) is 1.75. The number of hydrogen-bond acceptors (Lipinski definition) is 3. The lowest BCUT2D eigenvalue weighted by Crippen LogP contribution is -2.54. The molecule has 0 spiro atoms. The lowest BCUT2D eigenvalue weighted by molar-refractivity contribution is 0.107. The molecule has 2 unspecified atom stereocenters. The van der Waals surface area contributed by atoms with Gasteiger partial charge in [0.2, 0.25) is 0 Å². The Morgan fingerprint density at radius 3 is 2.58 bits per heavy atom. The van der Waals surface area contributed by atoms with Gasteiger partial charge in [0.05, 0.1) is 6.10 Å². The average Bonchev–Trinajstić information content (AvgIpc) is 2.63. The average molecular weight is 169 g/mol. The molecule has 1 saturated heterocycles. The van der Waals surface area contributed by atoms with Crippen molar-refractivity contribution in [2.75, 3.05) is 20.2 Å². The van der Waals surface area contributed by atoms with E-state index in [0.717, 1.165) is 24.9 Å². The molecule has 1 N–H and O–H groups in total. The van der Waals surface area contributed by atoms with Crippen LogP contribution in [0.2, 0.25) is 6.82 Å². The largest absolute Gasteiger partial charge is 0.437 e. The third kappa shape index (κ3) is 1.39. The molecule has 0 aromatic heterocycles. The highest BCUT2D eigenvalue weighted by atomic mass is 16.5. The van der Waals surface area contributed by atoms with Gasteiger partial charge in [-0.15, -0.1) is 0 Å². The fraction of sp³-hybridized carbons (Fsp3) is 1.00. The van der Waals surface area contributed by atoms with Crippen LogP contribution in [0.5, 0.6) is 0 Å². The first-order valence-corrected chi connectivity index (χ1v) is 4.67. The van der Waals surface area contributed by atoms with Crippen LogP contribution in [0.1, 0.15) is 6.42 Å². The number of hydrogen-bond donors (Lipinski definition) is 1. The molecule has 1 aliphatic carbocycles. The smallest absolute Gasteiger partial charge is 0.376 e. The molecule has 1 aliphatic heterocycles. The number of ether oxygens (including phenoxy) is 1. The zero-order valence-electron chi connectivity index (χ0n) is 7.73. The fourth-order valence-electron chi connectivity index (χ4n) is 2.08. The normalized spacial score (nSPS) is 36.2. The van der Waals surface area contributed by atoms with Gasteiger partial charge >= 0.3 is 7.05 Å². The first kappa shape index (κ1) is 8.54. The third-order valence-electron chi connectivity index (χ3n) is 3.15. The molecule has 3 nitrogen and oxygen atoms in total. The zero-order valence-corrected chi connectivity index (χ0v) is 7.73. The molecule has 0 amide bonds. The van der Waals surface area contributed by atoms with E-state index in [-0.39, 0.29) is 7.05 Å². The van der Waals surface area contributed by atoms with Gasteiger partial charge in [0.1, 0.15) is 0 Å². The Labute approximate surface area is 73.8 Å². The van der Waals surface area contributed by atoms with Crippen LogP contribution in [0, 0.1) is 11.8 Å². The molecule has 0 bridgehead atoms. The van der Waals surface area contributed by atoms with Gasteiger partial charge in [0, 0.05) is 7.11 Å². The summed E-state index contributed by atoms with van der Waals surface area (Å²) in [6.45, 7) is 3.95. The number of methoxy groups -OCH3 is 1. The summed E-state index contributed by atoms with van der Waals surface area (Å²) >= 11 is 0. The van der Waals surface area contributed by atoms with Crippen LogP contribution < -0.4 is 0 Å². The molecule has 68 valence electrons. The van der Waals surface area contributed by atoms with Gasteiger partial charge in [-0.25, -0.2) is 0 Å². The van der Waals surface area contributed by atoms with Crippen molar-refractivity contribution in [3.8, 4) is 0 Å². The van der Waals surface area contributed by atoms with Crippen molar-refractivity contribution in [1.82, 2.24) is 4.81 Å². The molecule has 1 heterocycles. The Morgan fingerprint density at radius 1 is 1.50 bits per heavy atom. The van der Waals surface area contributed by atoms with Crippen molar-refractivity contribution in [3.63, 3.8) is 0 Å². The summed E-state index contributed by atoms with van der Waals surface area (Å²) < 4.78 is 5.25. The topological polar surface area (TPSA) is 32.7 Å². The van der Waals surface area contributed by atoms with E-state index in [1.54, 1.807) is 7.11 Å². The second-order valence-electron chi connectivity index (χ2n) is 4.02. The lowest BCUT2D eigenvalue weighted by Gasteiger charge is -2.40. The lowest BCUT2D eigenvalue weighted by atomic mass is 9.77. The highest BCUT2D eigenvalue weighted by molar-refractivity contribution is 6.45. The Morgan fingerprint density at radius 2 is 2.17 bits per heavy atom. The molecule has 2 aliphatic rings. The minimum Gasteiger partial charge on any atom is -0.437 e. The Kier molecular flexibility index (Phi) is 2.15. The first-order chi connectivity index (χ1) is 5.72. The van der Waals surface area contributed by atoms with E-state index >= 15 is 0 Å². The van der Waals surface area contributed by atoms with Gasteiger partial charge in [-0.2, -0.15) is 0 Å². The van der Waals surface area contributed by atoms with E-state index in [1.165, 1.54) is 6.42 Å². The Bertz CT molecular complexity index is 170. The standard InChI is InChI=1S/C8H16BNO2/c1-9(11)10-4-6(5-10)7-3-8(7)12-2/h6-8,11H,3-5H2,1-2H3. The van der Waals surface area contributed by atoms with Gasteiger partial charge in [-0.3, -0.25) is 0 Å². The Hall–Kier alpha value is -0.0551. The molecule has 2 fully saturated rings. The van der Waals surface area contributed by atoms with Gasteiger partial charge < -0.3 is 14.6 Å². The maximum Gasteiger partial charge on any atom is 0.376 e. The minimum absolute atomic E-state index is 0.263. The van der Waals surface area contributed by atoms with E-state index < -0.39 is 0 Å². The molecule has 12 heavy (non-hydrogen) atoms. The van der Waals surface area contributed by atoms with Crippen molar-refractivity contribution < 1.29 is 9.76 Å². The Balaban J connectivity index is 1.69. The van der Waals surface area contributed by atoms with E-state index in [1.807, 2.05) is 6.82 Å². The minimum atomic E-state index is -0.263. The van der Waals surface area contributed by atoms with E-state index in [9.17, 15) is 5.02 Å². The summed E-state index contributed by atoms with van der Waals surface area (Å²) in [4.78, 5) is 2.09. The van der Waals surface area contributed by atoms with Crippen LogP contribution in [0.4, 0.5) is 0 Å². The predicted molar refractivity (Wildman–Crippen MR) is 47.8 cm³/mol. The molecule has 4 heteroatoms. The SMILES string of the molecule is COC1CC1C1CN(B(C)O)C1. The highest BCUT2D eigenvalue weighted by Crippen LogP contribution is 2.43. The van der Waals surface area contributed by atoms with Crippen molar-refractivity contribution in [3.05, 3.63) is 0 Å². The molecule has 2 atom stereocenters. The van der Waals surface area contributed by atoms with Gasteiger partial charge in [-0.1, -0.05) is 0 Å². The second kappa shape index (κ2) is 3.02. The van der Waals surface area contributed by atoms with Crippen LogP contribution in [0.25, 0.3) is 0 Å². The molecule has 1 saturated carbocycles. The zero-order chi connectivity index (χ0) is 8.72. The van der Waals surface area contributed by atoms with Crippen molar-refractivity contribution >= 4 is 7.05 Å². The predicted octanol–water partition coefficient (Wildman–Crippen LogP) is 0.0634. The maximum absolute atomic E-state index is 9.21. The van der Waals surface area contributed by atoms with Crippen LogP contribution >= 0.6 is 0 Å². The number of nitrogens with zero attached hydrogens (tertiary/aromatic N) is 1. The van der Waals surface area contributed by atoms with Gasteiger partial charge in [0.25, 0.3) is 0 Å². The molecule has 0 aromatic carbocycles. The molecule has 2 rings (SSSR count). The van der Waals surface area contributed by atoms with Crippen molar-refractivity contribution in [2.45, 2.75) is 19.3 Å². The fourth-order valence-corrected chi connectivity index (χ4v) is 2.08.